The third-order valence-corrected chi connectivity index (χ3v) is 8.11. The maximum Gasteiger partial charge on any atom is 0.331 e. The number of imidazole rings is 1. The van der Waals surface area contributed by atoms with Crippen LogP contribution in [0.4, 0.5) is 16.2 Å². The Balaban J connectivity index is 1.18. The van der Waals surface area contributed by atoms with Crippen LogP contribution in [0.25, 0.3) is 16.6 Å². The first-order chi connectivity index (χ1) is 20.3. The van der Waals surface area contributed by atoms with Gasteiger partial charge in [-0.15, -0.1) is 0 Å². The van der Waals surface area contributed by atoms with E-state index >= 15 is 0 Å². The van der Waals surface area contributed by atoms with Crippen molar-refractivity contribution in [3.8, 4) is 5.75 Å². The maximum atomic E-state index is 13.3. The van der Waals surface area contributed by atoms with E-state index in [-0.39, 0.29) is 30.3 Å². The molecule has 1 aliphatic heterocycles. The smallest absolute Gasteiger partial charge is 0.331 e. The zero-order valence-corrected chi connectivity index (χ0v) is 23.8. The second-order valence-electron chi connectivity index (χ2n) is 11.0. The highest BCUT2D eigenvalue weighted by Gasteiger charge is 2.45. The lowest BCUT2D eigenvalue weighted by atomic mass is 10.1. The summed E-state index contributed by atoms with van der Waals surface area (Å²) in [5.41, 5.74) is 5.62. The number of hydrogen-bond acceptors (Lipinski definition) is 8. The topological polar surface area (TPSA) is 118 Å². The van der Waals surface area contributed by atoms with Gasteiger partial charge in [0.15, 0.2) is 5.65 Å². The van der Waals surface area contributed by atoms with E-state index in [1.54, 1.807) is 13.3 Å². The van der Waals surface area contributed by atoms with Crippen LogP contribution in [0.15, 0.2) is 61.2 Å². The van der Waals surface area contributed by atoms with Gasteiger partial charge in [-0.1, -0.05) is 0 Å². The predicted octanol–water partition coefficient (Wildman–Crippen LogP) is 4.45. The number of fused-ring (bicyclic) bond motifs is 2. The van der Waals surface area contributed by atoms with Gasteiger partial charge in [-0.2, -0.15) is 0 Å². The molecule has 1 aromatic carbocycles. The summed E-state index contributed by atoms with van der Waals surface area (Å²) < 4.78 is 7.57. The highest BCUT2D eigenvalue weighted by Crippen LogP contribution is 2.53. The van der Waals surface area contributed by atoms with Gasteiger partial charge in [0, 0.05) is 78.7 Å². The number of hydrogen-bond donors (Lipinski definition) is 1. The molecule has 0 bridgehead atoms. The number of aryl methyl sites for hydroxylation is 2. The minimum Gasteiger partial charge on any atom is -0.496 e. The Labute approximate surface area is 242 Å². The zero-order valence-electron chi connectivity index (χ0n) is 23.8. The normalized spacial score (nSPS) is 20.1. The lowest BCUT2D eigenvalue weighted by Crippen LogP contribution is -2.40. The van der Waals surface area contributed by atoms with Gasteiger partial charge >= 0.3 is 6.03 Å². The Hall–Kier alpha value is -5.06. The summed E-state index contributed by atoms with van der Waals surface area (Å²) in [4.78, 5) is 47.7. The van der Waals surface area contributed by atoms with Crippen LogP contribution in [-0.2, 0) is 4.79 Å². The minimum atomic E-state index is -0.757. The molecule has 3 amide bonds. The van der Waals surface area contributed by atoms with Crippen LogP contribution in [0.5, 0.6) is 5.75 Å². The molecular formula is C31H30N8O3. The molecule has 3 atom stereocenters. The molecule has 0 radical (unpaired) electrons. The van der Waals surface area contributed by atoms with Gasteiger partial charge < -0.3 is 14.5 Å². The van der Waals surface area contributed by atoms with E-state index in [2.05, 4.69) is 20.3 Å². The molecule has 5 aromatic rings. The third kappa shape index (κ3) is 4.28. The van der Waals surface area contributed by atoms with Crippen molar-refractivity contribution in [2.75, 3.05) is 30.9 Å². The number of nitrogens with zero attached hydrogens (tertiary/aromatic N) is 7. The molecule has 1 N–H and O–H groups in total. The Kier molecular flexibility index (Phi) is 6.03. The molecule has 1 saturated carbocycles. The molecule has 212 valence electrons. The number of methoxy groups -OCH3 is 1. The molecule has 1 unspecified atom stereocenters. The molecule has 42 heavy (non-hydrogen) atoms. The fourth-order valence-corrected chi connectivity index (χ4v) is 5.87. The van der Waals surface area contributed by atoms with E-state index < -0.39 is 6.04 Å². The zero-order chi connectivity index (χ0) is 29.1. The lowest BCUT2D eigenvalue weighted by molar-refractivity contribution is -0.126. The van der Waals surface area contributed by atoms with Gasteiger partial charge in [-0.05, 0) is 56.2 Å². The highest BCUT2D eigenvalue weighted by molar-refractivity contribution is 6.15. The predicted molar refractivity (Wildman–Crippen MR) is 158 cm³/mol. The van der Waals surface area contributed by atoms with E-state index in [1.165, 1.54) is 11.9 Å². The van der Waals surface area contributed by atoms with E-state index in [0.717, 1.165) is 50.7 Å². The quantitative estimate of drug-likeness (QED) is 0.289. The number of imide groups is 1. The van der Waals surface area contributed by atoms with Crippen molar-refractivity contribution in [2.45, 2.75) is 38.1 Å². The number of carbonyl (C=O) groups is 2. The number of carbonyl (C=O) groups excluding carboxylic acids is 2. The van der Waals surface area contributed by atoms with Gasteiger partial charge in [-0.3, -0.25) is 19.6 Å². The van der Waals surface area contributed by atoms with Gasteiger partial charge in [-0.25, -0.2) is 19.7 Å². The summed E-state index contributed by atoms with van der Waals surface area (Å²) in [6, 6.07) is 10.6. The standard InChI is InChI=1S/C31H30N8O3/c1-17-11-25(29-33-9-10-38(29)16-17)39-26(30(40)37(3)31(39)41)15-34-19-12-24-20(27(13-19)42-4)5-6-23(36-24)21-14-22(21)28-32-8-7-18(2)35-28/h5-13,16,21-22,26,34H,14-15H2,1-4H3/t21-,22-,26?/m0/s1. The summed E-state index contributed by atoms with van der Waals surface area (Å²) in [6.45, 7) is 4.12. The molecular weight excluding hydrogens is 532 g/mol. The molecule has 11 nitrogen and oxygen atoms in total. The van der Waals surface area contributed by atoms with E-state index in [9.17, 15) is 9.59 Å². The van der Waals surface area contributed by atoms with Crippen molar-refractivity contribution in [3.05, 3.63) is 84.0 Å². The molecule has 1 saturated heterocycles. The van der Waals surface area contributed by atoms with Gasteiger partial charge in [0.05, 0.1) is 18.3 Å². The van der Waals surface area contributed by atoms with E-state index in [0.29, 0.717) is 17.1 Å². The number of nitrogens with one attached hydrogen (secondary N) is 1. The second kappa shape index (κ2) is 9.79. The summed E-state index contributed by atoms with van der Waals surface area (Å²) in [7, 11) is 3.13. The third-order valence-electron chi connectivity index (χ3n) is 8.11. The molecule has 2 fully saturated rings. The molecule has 5 heterocycles. The van der Waals surface area contributed by atoms with E-state index in [1.807, 2.05) is 73.2 Å². The summed E-state index contributed by atoms with van der Waals surface area (Å²) in [5.74, 6) is 1.77. The number of anilines is 2. The van der Waals surface area contributed by atoms with Crippen LogP contribution in [0.3, 0.4) is 0 Å². The Morgan fingerprint density at radius 2 is 1.88 bits per heavy atom. The van der Waals surface area contributed by atoms with Crippen LogP contribution >= 0.6 is 0 Å². The largest absolute Gasteiger partial charge is 0.496 e. The summed E-state index contributed by atoms with van der Waals surface area (Å²) in [5, 5.41) is 4.27. The SMILES string of the molecule is COc1cc(NCC2C(=O)N(C)C(=O)N2c2cc(C)cn3ccnc23)cc2nc([C@H]3C[C@@H]3c3nccc(C)n3)ccc12. The average molecular weight is 563 g/mol. The second-order valence-corrected chi connectivity index (χ2v) is 11.0. The number of rotatable bonds is 7. The number of pyridine rings is 2. The lowest BCUT2D eigenvalue weighted by Gasteiger charge is -2.23. The molecule has 2 aliphatic rings. The maximum absolute atomic E-state index is 13.3. The van der Waals surface area contributed by atoms with Crippen molar-refractivity contribution < 1.29 is 14.3 Å². The van der Waals surface area contributed by atoms with Gasteiger partial charge in [0.1, 0.15) is 17.6 Å². The van der Waals surface area contributed by atoms with Crippen molar-refractivity contribution in [1.82, 2.24) is 29.2 Å². The van der Waals surface area contributed by atoms with Gasteiger partial charge in [0.25, 0.3) is 5.91 Å². The minimum absolute atomic E-state index is 0.194. The van der Waals surface area contributed by atoms with Crippen molar-refractivity contribution >= 4 is 39.9 Å². The van der Waals surface area contributed by atoms with E-state index in [4.69, 9.17) is 9.72 Å². The number of ether oxygens (including phenoxy) is 1. The van der Waals surface area contributed by atoms with Crippen LogP contribution in [0.1, 0.15) is 41.0 Å². The molecule has 4 aromatic heterocycles. The summed E-state index contributed by atoms with van der Waals surface area (Å²) >= 11 is 0. The Bertz CT molecular complexity index is 1890. The number of likely N-dealkylation sites (N-methyl/N-ethyl adjacent to an activating group) is 1. The fourth-order valence-electron chi connectivity index (χ4n) is 5.87. The molecule has 7 rings (SSSR count). The first-order valence-corrected chi connectivity index (χ1v) is 13.9. The van der Waals surface area contributed by atoms with Crippen molar-refractivity contribution in [3.63, 3.8) is 0 Å². The van der Waals surface area contributed by atoms with Gasteiger partial charge in [0.2, 0.25) is 0 Å². The van der Waals surface area contributed by atoms with Crippen LogP contribution in [-0.4, -0.2) is 67.9 Å². The molecule has 11 heteroatoms. The van der Waals surface area contributed by atoms with Crippen molar-refractivity contribution in [2.24, 2.45) is 0 Å². The molecule has 1 aliphatic carbocycles. The number of benzene rings is 1. The fraction of sp³-hybridized carbons (Fsp3) is 0.290. The number of amides is 3. The Morgan fingerprint density at radius 1 is 1.02 bits per heavy atom. The number of urea groups is 1. The first-order valence-electron chi connectivity index (χ1n) is 13.9. The van der Waals surface area contributed by atoms with Crippen LogP contribution in [0, 0.1) is 13.8 Å². The number of aromatic nitrogens is 5. The Morgan fingerprint density at radius 3 is 2.69 bits per heavy atom. The molecule has 0 spiro atoms. The average Bonchev–Trinajstić information content (AvgIpc) is 3.60. The van der Waals surface area contributed by atoms with Crippen LogP contribution < -0.4 is 15.0 Å². The summed E-state index contributed by atoms with van der Waals surface area (Å²) in [6.07, 6.45) is 8.21. The highest BCUT2D eigenvalue weighted by atomic mass is 16.5. The van der Waals surface area contributed by atoms with Crippen LogP contribution in [0.2, 0.25) is 0 Å². The first kappa shape index (κ1) is 25.9. The monoisotopic (exact) mass is 562 g/mol. The van der Waals surface area contributed by atoms with Crippen molar-refractivity contribution in [1.29, 1.82) is 0 Å².